The van der Waals surface area contributed by atoms with E-state index in [0.717, 1.165) is 0 Å². The van der Waals surface area contributed by atoms with Crippen LogP contribution in [0.25, 0.3) is 0 Å². The lowest BCUT2D eigenvalue weighted by atomic mass is 11.0. The molecule has 0 aromatic carbocycles. The minimum absolute atomic E-state index is 1.02. The molecule has 0 aromatic rings. The maximum atomic E-state index is 3.91. The van der Waals surface area contributed by atoms with E-state index in [1.165, 1.54) is 24.2 Å². The second kappa shape index (κ2) is 9.93. The first-order chi connectivity index (χ1) is 9.66. The minimum atomic E-state index is -1.02. The SMILES string of the molecule is CC[Si](C)(C)N[Si](C)(C)CC.CC[Si](C)(C)N[Si](C)(C)CC. The zero-order chi connectivity index (χ0) is 18.2. The molecular weight excluding hydrogens is 333 g/mol. The summed E-state index contributed by atoms with van der Waals surface area (Å²) in [7, 11) is -4.09. The third-order valence-electron chi connectivity index (χ3n) is 4.89. The fourth-order valence-corrected chi connectivity index (χ4v) is 19.7. The Morgan fingerprint density at radius 3 is 0.636 bits per heavy atom. The molecule has 0 aliphatic heterocycles. The first kappa shape index (κ1) is 25.0. The van der Waals surface area contributed by atoms with Gasteiger partial charge in [-0.3, -0.25) is 0 Å². The maximum Gasteiger partial charge on any atom is 0.112 e. The summed E-state index contributed by atoms with van der Waals surface area (Å²) in [6.45, 7) is 28.6. The van der Waals surface area contributed by atoms with Crippen LogP contribution in [0, 0.1) is 0 Å². The van der Waals surface area contributed by atoms with Gasteiger partial charge in [0.25, 0.3) is 0 Å². The average Bonchev–Trinajstić information content (AvgIpc) is 2.37. The predicted molar refractivity (Wildman–Crippen MR) is 118 cm³/mol. The lowest BCUT2D eigenvalue weighted by Crippen LogP contribution is -2.58. The van der Waals surface area contributed by atoms with Crippen molar-refractivity contribution < 1.29 is 0 Å². The third kappa shape index (κ3) is 13.2. The molecule has 0 saturated carbocycles. The van der Waals surface area contributed by atoms with Crippen molar-refractivity contribution >= 4 is 32.9 Å². The third-order valence-corrected chi connectivity index (χ3v) is 22.8. The van der Waals surface area contributed by atoms with Gasteiger partial charge in [0.05, 0.1) is 0 Å². The molecule has 0 unspecified atom stereocenters. The Balaban J connectivity index is 0. The summed E-state index contributed by atoms with van der Waals surface area (Å²) in [5.41, 5.74) is 0. The van der Waals surface area contributed by atoms with Crippen LogP contribution in [0.15, 0.2) is 0 Å². The molecule has 0 aromatic heterocycles. The van der Waals surface area contributed by atoms with Crippen molar-refractivity contribution in [2.75, 3.05) is 0 Å². The van der Waals surface area contributed by atoms with Crippen molar-refractivity contribution in [3.8, 4) is 0 Å². The quantitative estimate of drug-likeness (QED) is 0.502. The van der Waals surface area contributed by atoms with Crippen LogP contribution in [0.4, 0.5) is 0 Å². The van der Waals surface area contributed by atoms with Crippen molar-refractivity contribution in [2.24, 2.45) is 0 Å². The predicted octanol–water partition coefficient (Wildman–Crippen LogP) is 6.05. The van der Waals surface area contributed by atoms with E-state index < -0.39 is 32.9 Å². The van der Waals surface area contributed by atoms with Crippen LogP contribution < -0.4 is 9.30 Å². The van der Waals surface area contributed by atoms with Gasteiger partial charge in [0, 0.05) is 0 Å². The second-order valence-electron chi connectivity index (χ2n) is 9.20. The molecule has 0 atom stereocenters. The van der Waals surface area contributed by atoms with Gasteiger partial charge < -0.3 is 9.30 Å². The Hall–Kier alpha value is 0.788. The Bertz CT molecular complexity index is 245. The van der Waals surface area contributed by atoms with E-state index in [1.54, 1.807) is 0 Å². The molecule has 0 spiro atoms. The molecule has 22 heavy (non-hydrogen) atoms. The highest BCUT2D eigenvalue weighted by atomic mass is 28.4. The van der Waals surface area contributed by atoms with Gasteiger partial charge in [0.2, 0.25) is 0 Å². The van der Waals surface area contributed by atoms with Crippen molar-refractivity contribution in [3.05, 3.63) is 0 Å². The fraction of sp³-hybridized carbons (Fsp3) is 1.00. The van der Waals surface area contributed by atoms with Gasteiger partial charge in [-0.2, -0.15) is 0 Å². The molecule has 2 N–H and O–H groups in total. The van der Waals surface area contributed by atoms with Crippen LogP contribution in [-0.2, 0) is 0 Å². The monoisotopic (exact) mass is 378 g/mol. The van der Waals surface area contributed by atoms with E-state index in [9.17, 15) is 0 Å². The van der Waals surface area contributed by atoms with Crippen molar-refractivity contribution in [1.82, 2.24) is 9.30 Å². The van der Waals surface area contributed by atoms with Crippen LogP contribution in [0.1, 0.15) is 27.7 Å². The van der Waals surface area contributed by atoms with E-state index in [1.807, 2.05) is 0 Å². The Kier molecular flexibility index (Phi) is 11.3. The van der Waals surface area contributed by atoms with E-state index in [0.29, 0.717) is 0 Å². The van der Waals surface area contributed by atoms with Crippen LogP contribution in [-0.4, -0.2) is 32.9 Å². The van der Waals surface area contributed by atoms with Gasteiger partial charge in [-0.25, -0.2) is 0 Å². The van der Waals surface area contributed by atoms with Gasteiger partial charge in [0.1, 0.15) is 32.9 Å². The Morgan fingerprint density at radius 1 is 0.409 bits per heavy atom. The summed E-state index contributed by atoms with van der Waals surface area (Å²) in [6.07, 6.45) is 0. The molecule has 0 saturated heterocycles. The highest BCUT2D eigenvalue weighted by Crippen LogP contribution is 2.12. The lowest BCUT2D eigenvalue weighted by Gasteiger charge is -2.33. The van der Waals surface area contributed by atoms with Gasteiger partial charge in [-0.15, -0.1) is 0 Å². The number of nitrogens with one attached hydrogen (secondary N) is 2. The molecule has 0 radical (unpaired) electrons. The largest absolute Gasteiger partial charge is 0.359 e. The Morgan fingerprint density at radius 2 is 0.545 bits per heavy atom. The first-order valence-electron chi connectivity index (χ1n) is 9.24. The molecule has 0 amide bonds. The summed E-state index contributed by atoms with van der Waals surface area (Å²) in [6, 6.07) is 5.40. The molecule has 0 aliphatic carbocycles. The Labute approximate surface area is 146 Å². The van der Waals surface area contributed by atoms with Crippen LogP contribution >= 0.6 is 0 Å². The van der Waals surface area contributed by atoms with E-state index in [-0.39, 0.29) is 0 Å². The highest BCUT2D eigenvalue weighted by Gasteiger charge is 2.28. The van der Waals surface area contributed by atoms with Crippen LogP contribution in [0.3, 0.4) is 0 Å². The van der Waals surface area contributed by atoms with Crippen molar-refractivity contribution in [1.29, 1.82) is 0 Å². The molecule has 0 rings (SSSR count). The summed E-state index contributed by atoms with van der Waals surface area (Å²) < 4.78 is 7.82. The molecule has 0 bridgehead atoms. The molecule has 0 heterocycles. The number of rotatable bonds is 8. The standard InChI is InChI=1S/2C8H23NSi2/c2*1-7-10(3,4)9-11(5,6)8-2/h2*9H,7-8H2,1-6H3. The van der Waals surface area contributed by atoms with Gasteiger partial charge in [-0.05, 0) is 24.2 Å². The molecule has 136 valence electrons. The number of hydrogen-bond acceptors (Lipinski definition) is 2. The summed E-state index contributed by atoms with van der Waals surface area (Å²) >= 11 is 0. The molecule has 6 heteroatoms. The summed E-state index contributed by atoms with van der Waals surface area (Å²) in [5.74, 6) is 0. The lowest BCUT2D eigenvalue weighted by molar-refractivity contribution is 1.17. The first-order valence-corrected chi connectivity index (χ1v) is 22.1. The highest BCUT2D eigenvalue weighted by molar-refractivity contribution is 6.91. The molecular formula is C16H46N2Si4. The minimum Gasteiger partial charge on any atom is -0.359 e. The molecule has 0 fully saturated rings. The zero-order valence-electron chi connectivity index (χ0n) is 17.8. The zero-order valence-corrected chi connectivity index (χ0v) is 21.8. The van der Waals surface area contributed by atoms with Gasteiger partial charge in [-0.1, -0.05) is 80.1 Å². The van der Waals surface area contributed by atoms with Gasteiger partial charge >= 0.3 is 0 Å². The van der Waals surface area contributed by atoms with Crippen molar-refractivity contribution in [3.63, 3.8) is 0 Å². The summed E-state index contributed by atoms with van der Waals surface area (Å²) in [5, 5.41) is 0. The van der Waals surface area contributed by atoms with E-state index in [4.69, 9.17) is 0 Å². The smallest absolute Gasteiger partial charge is 0.112 e. The van der Waals surface area contributed by atoms with Gasteiger partial charge in [0.15, 0.2) is 0 Å². The van der Waals surface area contributed by atoms with Crippen LogP contribution in [0.5, 0.6) is 0 Å². The molecule has 0 aliphatic rings. The van der Waals surface area contributed by atoms with Crippen molar-refractivity contribution in [2.45, 2.75) is 104 Å². The van der Waals surface area contributed by atoms with Crippen LogP contribution in [0.2, 0.25) is 76.6 Å². The van der Waals surface area contributed by atoms with E-state index >= 15 is 0 Å². The normalized spacial score (nSPS) is 13.6. The maximum absolute atomic E-state index is 3.91. The second-order valence-corrected chi connectivity index (χ2v) is 29.1. The summed E-state index contributed by atoms with van der Waals surface area (Å²) in [4.78, 5) is 0. The van der Waals surface area contributed by atoms with E-state index in [2.05, 4.69) is 89.4 Å². The number of hydrogen-bond donors (Lipinski definition) is 2. The topological polar surface area (TPSA) is 24.1 Å². The molecule has 2 nitrogen and oxygen atoms in total. The average molecular weight is 379 g/mol. The fourth-order valence-electron chi connectivity index (χ4n) is 2.19.